The van der Waals surface area contributed by atoms with E-state index in [9.17, 15) is 9.59 Å². The molecule has 1 aliphatic rings. The highest BCUT2D eigenvalue weighted by molar-refractivity contribution is 7.22. The molecule has 1 saturated carbocycles. The molecule has 0 atom stereocenters. The maximum atomic E-state index is 12.1. The molecule has 5 nitrogen and oxygen atoms in total. The van der Waals surface area contributed by atoms with Gasteiger partial charge in [0.2, 0.25) is 5.91 Å². The van der Waals surface area contributed by atoms with Gasteiger partial charge in [-0.25, -0.2) is 4.98 Å². The maximum absolute atomic E-state index is 12.1. The van der Waals surface area contributed by atoms with Crippen molar-refractivity contribution in [2.24, 2.45) is 0 Å². The predicted octanol–water partition coefficient (Wildman–Crippen LogP) is 3.84. The van der Waals surface area contributed by atoms with E-state index in [4.69, 9.17) is 0 Å². The number of anilines is 1. The first-order valence-electron chi connectivity index (χ1n) is 8.43. The fourth-order valence-corrected chi connectivity index (χ4v) is 3.36. The third-order valence-electron chi connectivity index (χ3n) is 4.04. The minimum atomic E-state index is -0.236. The van der Waals surface area contributed by atoms with Gasteiger partial charge in [-0.2, -0.15) is 0 Å². The molecular weight excluding hydrogens is 346 g/mol. The van der Waals surface area contributed by atoms with Crippen LogP contribution in [0.5, 0.6) is 0 Å². The highest BCUT2D eigenvalue weighted by atomic mass is 32.1. The number of rotatable bonds is 5. The lowest BCUT2D eigenvalue weighted by molar-refractivity contribution is -0.111. The topological polar surface area (TPSA) is 71.1 Å². The molecule has 6 heteroatoms. The largest absolute Gasteiger partial charge is 0.349 e. The summed E-state index contributed by atoms with van der Waals surface area (Å²) < 4.78 is 1.03. The molecule has 0 spiro atoms. The van der Waals surface area contributed by atoms with E-state index < -0.39 is 0 Å². The third-order valence-corrected chi connectivity index (χ3v) is 4.99. The summed E-state index contributed by atoms with van der Waals surface area (Å²) in [4.78, 5) is 28.4. The van der Waals surface area contributed by atoms with Gasteiger partial charge in [-0.1, -0.05) is 35.6 Å². The molecule has 1 fully saturated rings. The summed E-state index contributed by atoms with van der Waals surface area (Å²) in [6, 6.07) is 15.3. The van der Waals surface area contributed by atoms with Crippen molar-refractivity contribution in [3.63, 3.8) is 0 Å². The maximum Gasteiger partial charge on any atom is 0.251 e. The molecule has 2 amide bonds. The number of hydrogen-bond acceptors (Lipinski definition) is 4. The minimum absolute atomic E-state index is 0.0448. The SMILES string of the molecule is O=C(/C=C/c1ccc(C(=O)NC2CC2)cc1)Nc1nc2ccccc2s1. The van der Waals surface area contributed by atoms with Gasteiger partial charge in [0.1, 0.15) is 0 Å². The molecule has 0 bridgehead atoms. The molecule has 0 radical (unpaired) electrons. The van der Waals surface area contributed by atoms with Gasteiger partial charge in [-0.15, -0.1) is 0 Å². The van der Waals surface area contributed by atoms with Gasteiger partial charge in [0.15, 0.2) is 5.13 Å². The number of carbonyl (C=O) groups excluding carboxylic acids is 2. The van der Waals surface area contributed by atoms with Gasteiger partial charge in [0, 0.05) is 17.7 Å². The molecule has 2 aromatic carbocycles. The Morgan fingerprint density at radius 3 is 2.58 bits per heavy atom. The van der Waals surface area contributed by atoms with Crippen molar-refractivity contribution in [1.29, 1.82) is 0 Å². The van der Waals surface area contributed by atoms with Crippen LogP contribution in [0.1, 0.15) is 28.8 Å². The molecule has 0 aliphatic heterocycles. The van der Waals surface area contributed by atoms with Crippen molar-refractivity contribution in [3.8, 4) is 0 Å². The van der Waals surface area contributed by atoms with Crippen LogP contribution in [-0.4, -0.2) is 22.8 Å². The number of nitrogens with zero attached hydrogens (tertiary/aromatic N) is 1. The molecule has 4 rings (SSSR count). The van der Waals surface area contributed by atoms with E-state index in [-0.39, 0.29) is 11.8 Å². The quantitative estimate of drug-likeness (QED) is 0.677. The number of hydrogen-bond donors (Lipinski definition) is 2. The van der Waals surface area contributed by atoms with Gasteiger partial charge in [-0.05, 0) is 48.7 Å². The molecule has 0 saturated heterocycles. The van der Waals surface area contributed by atoms with Crippen molar-refractivity contribution in [2.75, 3.05) is 5.32 Å². The number of benzene rings is 2. The van der Waals surface area contributed by atoms with Crippen molar-refractivity contribution < 1.29 is 9.59 Å². The first-order valence-corrected chi connectivity index (χ1v) is 9.24. The molecule has 26 heavy (non-hydrogen) atoms. The first-order chi connectivity index (χ1) is 12.7. The van der Waals surface area contributed by atoms with Gasteiger partial charge in [0.25, 0.3) is 5.91 Å². The molecule has 2 N–H and O–H groups in total. The molecule has 1 aromatic heterocycles. The second-order valence-corrected chi connectivity index (χ2v) is 7.21. The Labute approximate surface area is 154 Å². The van der Waals surface area contributed by atoms with Crippen LogP contribution in [0.25, 0.3) is 16.3 Å². The van der Waals surface area contributed by atoms with Crippen molar-refractivity contribution in [1.82, 2.24) is 10.3 Å². The van der Waals surface area contributed by atoms with Crippen LogP contribution >= 0.6 is 11.3 Å². The van der Waals surface area contributed by atoms with Gasteiger partial charge in [0.05, 0.1) is 10.2 Å². The molecule has 0 unspecified atom stereocenters. The standard InChI is InChI=1S/C20H17N3O2S/c24-18(23-20-22-16-3-1-2-4-17(16)26-20)12-7-13-5-8-14(9-6-13)19(25)21-15-10-11-15/h1-9,12,15H,10-11H2,(H,21,25)(H,22,23,24)/b12-7+. The molecule has 1 heterocycles. The monoisotopic (exact) mass is 363 g/mol. The lowest BCUT2D eigenvalue weighted by Crippen LogP contribution is -2.25. The van der Waals surface area contributed by atoms with Gasteiger partial charge < -0.3 is 5.32 Å². The summed E-state index contributed by atoms with van der Waals surface area (Å²) in [5, 5.41) is 6.31. The van der Waals surface area contributed by atoms with Crippen LogP contribution in [0, 0.1) is 0 Å². The summed E-state index contributed by atoms with van der Waals surface area (Å²) in [7, 11) is 0. The van der Waals surface area contributed by atoms with E-state index >= 15 is 0 Å². The van der Waals surface area contributed by atoms with E-state index in [1.807, 2.05) is 36.4 Å². The number of carbonyl (C=O) groups is 2. The normalized spacial score (nSPS) is 13.8. The van der Waals surface area contributed by atoms with Crippen LogP contribution in [0.15, 0.2) is 54.6 Å². The molecule has 3 aromatic rings. The highest BCUT2D eigenvalue weighted by Gasteiger charge is 2.23. The van der Waals surface area contributed by atoms with Crippen molar-refractivity contribution >= 4 is 44.6 Å². The first kappa shape index (κ1) is 16.5. The van der Waals surface area contributed by atoms with E-state index in [0.29, 0.717) is 16.7 Å². The fourth-order valence-electron chi connectivity index (χ4n) is 2.49. The summed E-state index contributed by atoms with van der Waals surface area (Å²) in [5.41, 5.74) is 2.36. The summed E-state index contributed by atoms with van der Waals surface area (Å²) in [5.74, 6) is -0.281. The minimum Gasteiger partial charge on any atom is -0.349 e. The number of nitrogens with one attached hydrogen (secondary N) is 2. The Bertz CT molecular complexity index is 955. The fraction of sp³-hybridized carbons (Fsp3) is 0.150. The Kier molecular flexibility index (Phi) is 4.50. The second-order valence-electron chi connectivity index (χ2n) is 6.18. The zero-order chi connectivity index (χ0) is 17.9. The van der Waals surface area contributed by atoms with Gasteiger partial charge >= 0.3 is 0 Å². The Morgan fingerprint density at radius 2 is 1.85 bits per heavy atom. The zero-order valence-electron chi connectivity index (χ0n) is 13.9. The third kappa shape index (κ3) is 3.97. The molecule has 130 valence electrons. The molecular formula is C20H17N3O2S. The van der Waals surface area contributed by atoms with E-state index in [0.717, 1.165) is 28.6 Å². The number of amides is 2. The summed E-state index contributed by atoms with van der Waals surface area (Å²) >= 11 is 1.44. The Morgan fingerprint density at radius 1 is 1.08 bits per heavy atom. The number of aromatic nitrogens is 1. The smallest absolute Gasteiger partial charge is 0.251 e. The summed E-state index contributed by atoms with van der Waals surface area (Å²) in [6.45, 7) is 0. The average molecular weight is 363 g/mol. The predicted molar refractivity (Wildman–Crippen MR) is 104 cm³/mol. The Balaban J connectivity index is 1.37. The van der Waals surface area contributed by atoms with E-state index in [1.54, 1.807) is 18.2 Å². The Hall–Kier alpha value is -2.99. The van der Waals surface area contributed by atoms with Crippen LogP contribution in [0.3, 0.4) is 0 Å². The summed E-state index contributed by atoms with van der Waals surface area (Å²) in [6.07, 6.45) is 5.31. The number of para-hydroxylation sites is 1. The van der Waals surface area contributed by atoms with Crippen LogP contribution in [-0.2, 0) is 4.79 Å². The van der Waals surface area contributed by atoms with E-state index in [2.05, 4.69) is 15.6 Å². The average Bonchev–Trinajstić information content (AvgIpc) is 3.37. The van der Waals surface area contributed by atoms with Crippen LogP contribution in [0.4, 0.5) is 5.13 Å². The lowest BCUT2D eigenvalue weighted by Gasteiger charge is -2.03. The van der Waals surface area contributed by atoms with Crippen LogP contribution < -0.4 is 10.6 Å². The number of thiazole rings is 1. The lowest BCUT2D eigenvalue weighted by atomic mass is 10.1. The highest BCUT2D eigenvalue weighted by Crippen LogP contribution is 2.25. The zero-order valence-corrected chi connectivity index (χ0v) is 14.8. The van der Waals surface area contributed by atoms with Crippen molar-refractivity contribution in [3.05, 3.63) is 65.7 Å². The van der Waals surface area contributed by atoms with Crippen LogP contribution in [0.2, 0.25) is 0 Å². The number of fused-ring (bicyclic) bond motifs is 1. The molecule has 1 aliphatic carbocycles. The van der Waals surface area contributed by atoms with Gasteiger partial charge in [-0.3, -0.25) is 14.9 Å². The second kappa shape index (κ2) is 7.09. The van der Waals surface area contributed by atoms with E-state index in [1.165, 1.54) is 17.4 Å². The van der Waals surface area contributed by atoms with Crippen molar-refractivity contribution in [2.45, 2.75) is 18.9 Å².